The molecule has 0 saturated carbocycles. The van der Waals surface area contributed by atoms with E-state index in [1.165, 1.54) is 24.3 Å². The number of aliphatic hydroxyl groups is 1. The van der Waals surface area contributed by atoms with Gasteiger partial charge in [0.15, 0.2) is 5.82 Å². The number of likely N-dealkylation sites (tertiary alicyclic amines) is 1. The van der Waals surface area contributed by atoms with Gasteiger partial charge in [0.2, 0.25) is 0 Å². The Hall–Kier alpha value is -4.10. The van der Waals surface area contributed by atoms with Crippen molar-refractivity contribution in [2.45, 2.75) is 44.6 Å². The van der Waals surface area contributed by atoms with E-state index >= 15 is 0 Å². The summed E-state index contributed by atoms with van der Waals surface area (Å²) >= 11 is 0. The highest BCUT2D eigenvalue weighted by atomic mass is 19.4. The second-order valence-electron chi connectivity index (χ2n) is 10.3. The number of aromatic nitrogens is 2. The maximum atomic E-state index is 12.7. The summed E-state index contributed by atoms with van der Waals surface area (Å²) in [4.78, 5) is 6.43. The highest BCUT2D eigenvalue weighted by Crippen LogP contribution is 2.43. The molecule has 1 saturated heterocycles. The van der Waals surface area contributed by atoms with E-state index in [0.29, 0.717) is 44.2 Å². The van der Waals surface area contributed by atoms with Crippen LogP contribution < -0.4 is 9.47 Å². The fourth-order valence-electron chi connectivity index (χ4n) is 5.39. The van der Waals surface area contributed by atoms with E-state index in [4.69, 9.17) is 4.52 Å². The van der Waals surface area contributed by atoms with E-state index in [2.05, 4.69) is 24.5 Å². The summed E-state index contributed by atoms with van der Waals surface area (Å²) in [5.41, 5.74) is 0.720. The maximum absolute atomic E-state index is 12.7. The minimum atomic E-state index is -4.88. The highest BCUT2D eigenvalue weighted by Gasteiger charge is 2.42. The third kappa shape index (κ3) is 7.46. The third-order valence-electron chi connectivity index (χ3n) is 7.37. The summed E-state index contributed by atoms with van der Waals surface area (Å²) in [5.74, 6) is -0.334. The molecule has 43 heavy (non-hydrogen) atoms. The van der Waals surface area contributed by atoms with E-state index in [0.717, 1.165) is 35.4 Å². The van der Waals surface area contributed by atoms with Crippen molar-refractivity contribution in [2.75, 3.05) is 13.1 Å². The van der Waals surface area contributed by atoms with Crippen LogP contribution in [0.3, 0.4) is 0 Å². The molecule has 0 unspecified atom stereocenters. The van der Waals surface area contributed by atoms with E-state index in [9.17, 15) is 31.4 Å². The zero-order valence-corrected chi connectivity index (χ0v) is 22.8. The summed E-state index contributed by atoms with van der Waals surface area (Å²) in [5, 5.41) is 16.0. The number of halogens is 6. The standard InChI is InChI=1S/C30H27F6N3O4/c1-19-37-27(43-38-19)21-4-2-20(3-5-21)18-39-16-14-24(15-17-39)28(40,22-6-10-25(11-7-22)41-29(31,32)33)23-8-12-26(13-9-23)42-30(34,35)36/h2-13,24,40H,14-18H2,1H3. The molecule has 1 aromatic heterocycles. The van der Waals surface area contributed by atoms with E-state index < -0.39 is 35.7 Å². The van der Waals surface area contributed by atoms with Gasteiger partial charge in [-0.15, -0.1) is 26.3 Å². The molecular weight excluding hydrogens is 580 g/mol. The van der Waals surface area contributed by atoms with Gasteiger partial charge in [0.05, 0.1) is 0 Å². The van der Waals surface area contributed by atoms with Crippen LogP contribution in [0.1, 0.15) is 35.4 Å². The molecule has 2 heterocycles. The summed E-state index contributed by atoms with van der Waals surface area (Å²) in [6, 6.07) is 17.5. The molecule has 0 spiro atoms. The minimum Gasteiger partial charge on any atom is -0.406 e. The lowest BCUT2D eigenvalue weighted by molar-refractivity contribution is -0.275. The molecule has 13 heteroatoms. The average molecular weight is 608 g/mol. The quantitative estimate of drug-likeness (QED) is 0.216. The summed E-state index contributed by atoms with van der Waals surface area (Å²) < 4.78 is 89.3. The number of hydrogen-bond donors (Lipinski definition) is 1. The first-order valence-electron chi connectivity index (χ1n) is 13.4. The number of rotatable bonds is 8. The molecule has 3 aromatic carbocycles. The van der Waals surface area contributed by atoms with E-state index in [-0.39, 0.29) is 11.1 Å². The van der Waals surface area contributed by atoms with Crippen molar-refractivity contribution < 1.29 is 45.4 Å². The minimum absolute atomic E-state index is 0.289. The van der Waals surface area contributed by atoms with Crippen LogP contribution >= 0.6 is 0 Å². The fourth-order valence-corrected chi connectivity index (χ4v) is 5.39. The Bertz CT molecular complexity index is 1440. The second-order valence-corrected chi connectivity index (χ2v) is 10.3. The lowest BCUT2D eigenvalue weighted by atomic mass is 9.72. The van der Waals surface area contributed by atoms with Crippen LogP contribution in [0.25, 0.3) is 11.5 Å². The van der Waals surface area contributed by atoms with Crippen molar-refractivity contribution in [3.05, 3.63) is 95.3 Å². The Morgan fingerprint density at radius 2 is 1.28 bits per heavy atom. The SMILES string of the molecule is Cc1noc(-c2ccc(CN3CCC(C(O)(c4ccc(OC(F)(F)F)cc4)c4ccc(OC(F)(F)F)cc4)CC3)cc2)n1. The molecule has 4 aromatic rings. The molecule has 0 bridgehead atoms. The molecule has 0 radical (unpaired) electrons. The summed E-state index contributed by atoms with van der Waals surface area (Å²) in [7, 11) is 0. The lowest BCUT2D eigenvalue weighted by Gasteiger charge is -2.42. The fraction of sp³-hybridized carbons (Fsp3) is 0.333. The molecule has 0 atom stereocenters. The first kappa shape index (κ1) is 30.4. The Balaban J connectivity index is 1.33. The summed E-state index contributed by atoms with van der Waals surface area (Å²) in [6.07, 6.45) is -8.74. The predicted octanol–water partition coefficient (Wildman–Crippen LogP) is 6.99. The smallest absolute Gasteiger partial charge is 0.406 e. The Kier molecular flexibility index (Phi) is 8.39. The van der Waals surface area contributed by atoms with Gasteiger partial charge >= 0.3 is 12.7 Å². The van der Waals surface area contributed by atoms with Crippen molar-refractivity contribution in [2.24, 2.45) is 5.92 Å². The van der Waals surface area contributed by atoms with Gasteiger partial charge in [-0.05, 0) is 91.9 Å². The number of aryl methyl sites for hydroxylation is 1. The van der Waals surface area contributed by atoms with E-state index in [1.54, 1.807) is 6.92 Å². The zero-order chi connectivity index (χ0) is 30.8. The van der Waals surface area contributed by atoms with Crippen LogP contribution in [-0.2, 0) is 12.1 Å². The van der Waals surface area contributed by atoms with Gasteiger partial charge in [-0.25, -0.2) is 0 Å². The average Bonchev–Trinajstić information content (AvgIpc) is 3.39. The van der Waals surface area contributed by atoms with Crippen LogP contribution in [0.4, 0.5) is 26.3 Å². The first-order valence-corrected chi connectivity index (χ1v) is 13.4. The number of benzene rings is 3. The van der Waals surface area contributed by atoms with Crippen LogP contribution in [0.5, 0.6) is 11.5 Å². The van der Waals surface area contributed by atoms with Gasteiger partial charge in [-0.3, -0.25) is 4.90 Å². The molecule has 0 amide bonds. The molecule has 228 valence electrons. The lowest BCUT2D eigenvalue weighted by Crippen LogP contribution is -2.44. The number of alkyl halides is 6. The van der Waals surface area contributed by atoms with Gasteiger partial charge in [0.1, 0.15) is 17.1 Å². The molecule has 5 rings (SSSR count). The maximum Gasteiger partial charge on any atom is 0.573 e. The largest absolute Gasteiger partial charge is 0.573 e. The number of nitrogens with zero attached hydrogens (tertiary/aromatic N) is 3. The monoisotopic (exact) mass is 607 g/mol. The van der Waals surface area contributed by atoms with Gasteiger partial charge < -0.3 is 19.1 Å². The molecule has 0 aliphatic carbocycles. The van der Waals surface area contributed by atoms with Crippen LogP contribution in [0.15, 0.2) is 77.3 Å². The Morgan fingerprint density at radius 1 is 0.791 bits per heavy atom. The van der Waals surface area contributed by atoms with Crippen molar-refractivity contribution >= 4 is 0 Å². The third-order valence-corrected chi connectivity index (χ3v) is 7.37. The van der Waals surface area contributed by atoms with Gasteiger partial charge in [-0.2, -0.15) is 4.98 Å². The summed E-state index contributed by atoms with van der Waals surface area (Å²) in [6.45, 7) is 3.58. The first-order chi connectivity index (χ1) is 20.3. The van der Waals surface area contributed by atoms with E-state index in [1.807, 2.05) is 24.3 Å². The Labute approximate surface area is 242 Å². The molecule has 1 aliphatic rings. The number of ether oxygens (including phenoxy) is 2. The highest BCUT2D eigenvalue weighted by molar-refractivity contribution is 5.53. The van der Waals surface area contributed by atoms with Crippen molar-refractivity contribution in [3.63, 3.8) is 0 Å². The molecule has 1 fully saturated rings. The van der Waals surface area contributed by atoms with Crippen LogP contribution in [-0.4, -0.2) is 46.0 Å². The molecular formula is C30H27F6N3O4. The predicted molar refractivity (Wildman–Crippen MR) is 142 cm³/mol. The normalized spacial score (nSPS) is 15.4. The number of piperidine rings is 1. The Morgan fingerprint density at radius 3 is 1.70 bits per heavy atom. The van der Waals surface area contributed by atoms with Crippen LogP contribution in [0, 0.1) is 12.8 Å². The van der Waals surface area contributed by atoms with Gasteiger partial charge in [0.25, 0.3) is 5.89 Å². The molecule has 7 nitrogen and oxygen atoms in total. The second kappa shape index (κ2) is 11.9. The molecule has 1 aliphatic heterocycles. The van der Waals surface area contributed by atoms with Crippen molar-refractivity contribution in [3.8, 4) is 23.0 Å². The van der Waals surface area contributed by atoms with Crippen molar-refractivity contribution in [1.82, 2.24) is 15.0 Å². The number of hydrogen-bond acceptors (Lipinski definition) is 7. The van der Waals surface area contributed by atoms with Gasteiger partial charge in [-0.1, -0.05) is 41.6 Å². The zero-order valence-electron chi connectivity index (χ0n) is 22.8. The van der Waals surface area contributed by atoms with Crippen molar-refractivity contribution in [1.29, 1.82) is 0 Å². The van der Waals surface area contributed by atoms with Crippen LogP contribution in [0.2, 0.25) is 0 Å². The topological polar surface area (TPSA) is 80.9 Å². The van der Waals surface area contributed by atoms with Gasteiger partial charge in [0, 0.05) is 12.1 Å². The molecule has 1 N–H and O–H groups in total.